The highest BCUT2D eigenvalue weighted by Crippen LogP contribution is 2.25. The van der Waals surface area contributed by atoms with Crippen molar-refractivity contribution in [1.82, 2.24) is 4.72 Å². The quantitative estimate of drug-likeness (QED) is 0.874. The van der Waals surface area contributed by atoms with E-state index in [4.69, 9.17) is 17.3 Å². The number of hydrogen-bond acceptors (Lipinski definition) is 3. The predicted octanol–water partition coefficient (Wildman–Crippen LogP) is 2.12. The summed E-state index contributed by atoms with van der Waals surface area (Å²) in [4.78, 5) is 0.110. The second-order valence-corrected chi connectivity index (χ2v) is 6.17. The molecule has 1 aromatic carbocycles. The molecule has 0 aliphatic rings. The van der Waals surface area contributed by atoms with Crippen molar-refractivity contribution in [2.45, 2.75) is 24.7 Å². The Kier molecular flexibility index (Phi) is 7.17. The number of nitrogens with one attached hydrogen (secondary N) is 1. The van der Waals surface area contributed by atoms with Crippen LogP contribution in [0.3, 0.4) is 0 Å². The average molecular weight is 313 g/mol. The van der Waals surface area contributed by atoms with Gasteiger partial charge in [-0.15, -0.1) is 12.4 Å². The third-order valence-electron chi connectivity index (χ3n) is 2.35. The van der Waals surface area contributed by atoms with Crippen LogP contribution in [0.5, 0.6) is 0 Å². The van der Waals surface area contributed by atoms with Gasteiger partial charge in [0.1, 0.15) is 4.90 Å². The van der Waals surface area contributed by atoms with Crippen LogP contribution in [0.4, 0.5) is 0 Å². The van der Waals surface area contributed by atoms with Crippen LogP contribution >= 0.6 is 24.0 Å². The molecular formula is C11H18Cl2N2O2S. The van der Waals surface area contributed by atoms with E-state index in [1.54, 1.807) is 12.1 Å². The average Bonchev–Trinajstić information content (AvgIpc) is 2.26. The largest absolute Gasteiger partial charge is 0.329 e. The summed E-state index contributed by atoms with van der Waals surface area (Å²) >= 11 is 5.91. The highest BCUT2D eigenvalue weighted by Gasteiger charge is 2.18. The van der Waals surface area contributed by atoms with Crippen LogP contribution in [0.25, 0.3) is 0 Å². The summed E-state index contributed by atoms with van der Waals surface area (Å²) in [6, 6.07) is 5.04. The Morgan fingerprint density at radius 1 is 1.39 bits per heavy atom. The van der Waals surface area contributed by atoms with Crippen LogP contribution in [0, 0.1) is 0 Å². The molecule has 3 N–H and O–H groups in total. The van der Waals surface area contributed by atoms with Gasteiger partial charge in [-0.3, -0.25) is 0 Å². The number of halogens is 2. The van der Waals surface area contributed by atoms with Crippen molar-refractivity contribution in [1.29, 1.82) is 0 Å². The number of sulfonamides is 1. The summed E-state index contributed by atoms with van der Waals surface area (Å²) in [5.41, 5.74) is 6.20. The predicted molar refractivity (Wildman–Crippen MR) is 77.0 cm³/mol. The zero-order chi connectivity index (χ0) is 13.1. The highest BCUT2D eigenvalue weighted by molar-refractivity contribution is 7.89. The molecule has 4 nitrogen and oxygen atoms in total. The van der Waals surface area contributed by atoms with E-state index in [2.05, 4.69) is 4.72 Å². The standard InChI is InChI=1S/C11H17ClN2O2S.ClH/c1-8(2)9-3-4-10(12)11(7-9)17(15,16)14-6-5-13;/h3-4,7-8,14H,5-6,13H2,1-2H3;1H. The van der Waals surface area contributed by atoms with Gasteiger partial charge in [-0.1, -0.05) is 31.5 Å². The third-order valence-corrected chi connectivity index (χ3v) is 4.29. The minimum atomic E-state index is -3.57. The fraction of sp³-hybridized carbons (Fsp3) is 0.455. The van der Waals surface area contributed by atoms with Gasteiger partial charge in [0.15, 0.2) is 0 Å². The minimum absolute atomic E-state index is 0. The lowest BCUT2D eigenvalue weighted by Crippen LogP contribution is -2.29. The van der Waals surface area contributed by atoms with Gasteiger partial charge in [0.2, 0.25) is 10.0 Å². The van der Waals surface area contributed by atoms with Crippen molar-refractivity contribution in [3.05, 3.63) is 28.8 Å². The first-order chi connectivity index (χ1) is 7.88. The Labute approximate surface area is 119 Å². The van der Waals surface area contributed by atoms with Crippen LogP contribution < -0.4 is 10.5 Å². The Morgan fingerprint density at radius 2 is 2.00 bits per heavy atom. The lowest BCUT2D eigenvalue weighted by molar-refractivity contribution is 0.582. The number of hydrogen-bond donors (Lipinski definition) is 2. The van der Waals surface area contributed by atoms with E-state index in [-0.39, 0.29) is 41.3 Å². The van der Waals surface area contributed by atoms with Gasteiger partial charge < -0.3 is 5.73 Å². The summed E-state index contributed by atoms with van der Waals surface area (Å²) < 4.78 is 26.3. The van der Waals surface area contributed by atoms with E-state index in [1.807, 2.05) is 19.9 Å². The van der Waals surface area contributed by atoms with E-state index < -0.39 is 10.0 Å². The molecule has 7 heteroatoms. The van der Waals surface area contributed by atoms with Crippen molar-refractivity contribution < 1.29 is 8.42 Å². The van der Waals surface area contributed by atoms with E-state index in [0.29, 0.717) is 0 Å². The van der Waals surface area contributed by atoms with Crippen molar-refractivity contribution >= 4 is 34.0 Å². The second-order valence-electron chi connectivity index (χ2n) is 4.03. The van der Waals surface area contributed by atoms with Crippen molar-refractivity contribution in [2.75, 3.05) is 13.1 Å². The van der Waals surface area contributed by atoms with Gasteiger partial charge in [0, 0.05) is 13.1 Å². The summed E-state index contributed by atoms with van der Waals surface area (Å²) in [5.74, 6) is 0.246. The van der Waals surface area contributed by atoms with Gasteiger partial charge >= 0.3 is 0 Å². The minimum Gasteiger partial charge on any atom is -0.329 e. The molecule has 0 unspecified atom stereocenters. The van der Waals surface area contributed by atoms with Crippen molar-refractivity contribution in [2.24, 2.45) is 5.73 Å². The Bertz CT molecular complexity index is 490. The molecule has 0 amide bonds. The molecule has 0 fully saturated rings. The highest BCUT2D eigenvalue weighted by atomic mass is 35.5. The second kappa shape index (κ2) is 7.31. The molecule has 0 saturated carbocycles. The Balaban J connectivity index is 0.00000289. The molecule has 0 bridgehead atoms. The maximum absolute atomic E-state index is 11.9. The van der Waals surface area contributed by atoms with Gasteiger partial charge in [-0.05, 0) is 23.6 Å². The molecule has 0 atom stereocenters. The van der Waals surface area contributed by atoms with E-state index in [0.717, 1.165) is 5.56 Å². The molecule has 0 radical (unpaired) electrons. The summed E-state index contributed by atoms with van der Waals surface area (Å²) in [5, 5.41) is 0.221. The Hall–Kier alpha value is -0.330. The van der Waals surface area contributed by atoms with Crippen LogP contribution in [-0.4, -0.2) is 21.5 Å². The normalized spacial score (nSPS) is 11.4. The first kappa shape index (κ1) is 17.7. The Morgan fingerprint density at radius 3 is 2.50 bits per heavy atom. The first-order valence-corrected chi connectivity index (χ1v) is 7.23. The van der Waals surface area contributed by atoms with Crippen LogP contribution in [0.15, 0.2) is 23.1 Å². The fourth-order valence-corrected chi connectivity index (χ4v) is 2.94. The molecule has 1 aromatic rings. The molecule has 0 spiro atoms. The van der Waals surface area contributed by atoms with Crippen molar-refractivity contribution in [3.63, 3.8) is 0 Å². The zero-order valence-corrected chi connectivity index (χ0v) is 12.7. The molecule has 0 heterocycles. The molecular weight excluding hydrogens is 295 g/mol. The monoisotopic (exact) mass is 312 g/mol. The van der Waals surface area contributed by atoms with Gasteiger partial charge in [-0.2, -0.15) is 0 Å². The third kappa shape index (κ3) is 4.40. The fourth-order valence-electron chi connectivity index (χ4n) is 1.36. The molecule has 18 heavy (non-hydrogen) atoms. The van der Waals surface area contributed by atoms with E-state index >= 15 is 0 Å². The summed E-state index contributed by atoms with van der Waals surface area (Å²) in [6.45, 7) is 4.44. The topological polar surface area (TPSA) is 72.2 Å². The molecule has 104 valence electrons. The maximum atomic E-state index is 11.9. The van der Waals surface area contributed by atoms with Crippen LogP contribution in [0.2, 0.25) is 5.02 Å². The number of nitrogens with two attached hydrogens (primary N) is 1. The maximum Gasteiger partial charge on any atom is 0.242 e. The van der Waals surface area contributed by atoms with Gasteiger partial charge in [0.05, 0.1) is 5.02 Å². The number of benzene rings is 1. The molecule has 0 saturated heterocycles. The molecule has 1 rings (SSSR count). The SMILES string of the molecule is CC(C)c1ccc(Cl)c(S(=O)(=O)NCCN)c1.Cl. The molecule has 0 aromatic heterocycles. The molecule has 0 aliphatic carbocycles. The first-order valence-electron chi connectivity index (χ1n) is 5.37. The molecule has 0 aliphatic heterocycles. The lowest BCUT2D eigenvalue weighted by Gasteiger charge is -2.11. The van der Waals surface area contributed by atoms with Crippen LogP contribution in [0.1, 0.15) is 25.3 Å². The van der Waals surface area contributed by atoms with Gasteiger partial charge in [-0.25, -0.2) is 13.1 Å². The lowest BCUT2D eigenvalue weighted by atomic mass is 10.0. The zero-order valence-electron chi connectivity index (χ0n) is 10.3. The van der Waals surface area contributed by atoms with Crippen molar-refractivity contribution in [3.8, 4) is 0 Å². The van der Waals surface area contributed by atoms with E-state index in [1.165, 1.54) is 0 Å². The summed E-state index contributed by atoms with van der Waals surface area (Å²) in [7, 11) is -3.57. The number of rotatable bonds is 5. The van der Waals surface area contributed by atoms with Gasteiger partial charge in [0.25, 0.3) is 0 Å². The summed E-state index contributed by atoms with van der Waals surface area (Å²) in [6.07, 6.45) is 0. The van der Waals surface area contributed by atoms with Crippen LogP contribution in [-0.2, 0) is 10.0 Å². The van der Waals surface area contributed by atoms with E-state index in [9.17, 15) is 8.42 Å². The smallest absolute Gasteiger partial charge is 0.242 e.